The smallest absolute Gasteiger partial charge is 0.246 e. The number of piperazine rings is 1. The number of hydrogen-bond donors (Lipinski definition) is 0. The van der Waals surface area contributed by atoms with Gasteiger partial charge < -0.3 is 9.80 Å². The number of rotatable bonds is 5. The summed E-state index contributed by atoms with van der Waals surface area (Å²) >= 11 is 0. The van der Waals surface area contributed by atoms with Gasteiger partial charge in [0.15, 0.2) is 0 Å². The van der Waals surface area contributed by atoms with Crippen molar-refractivity contribution in [3.05, 3.63) is 0 Å². The summed E-state index contributed by atoms with van der Waals surface area (Å²) < 4.78 is 11.5. The van der Waals surface area contributed by atoms with Crippen molar-refractivity contribution >= 4 is 22.6 Å². The maximum atomic E-state index is 12.7. The van der Waals surface area contributed by atoms with Crippen LogP contribution in [0.2, 0.25) is 0 Å². The van der Waals surface area contributed by atoms with Gasteiger partial charge in [0.1, 0.15) is 12.1 Å². The van der Waals surface area contributed by atoms with Crippen molar-refractivity contribution in [1.82, 2.24) is 9.80 Å². The summed E-state index contributed by atoms with van der Waals surface area (Å²) in [5.74, 6) is 0.280. The zero-order chi connectivity index (χ0) is 15.7. The van der Waals surface area contributed by atoms with Crippen LogP contribution in [0.1, 0.15) is 40.0 Å². The molecule has 0 aliphatic carbocycles. The summed E-state index contributed by atoms with van der Waals surface area (Å²) in [4.78, 5) is 28.9. The minimum absolute atomic E-state index is 0.0438. The van der Waals surface area contributed by atoms with Crippen LogP contribution in [0.4, 0.5) is 0 Å². The van der Waals surface area contributed by atoms with Gasteiger partial charge in [-0.15, -0.1) is 0 Å². The lowest BCUT2D eigenvalue weighted by molar-refractivity contribution is -0.161. The Morgan fingerprint density at radius 1 is 1.24 bits per heavy atom. The Kier molecular flexibility index (Phi) is 5.07. The average molecular weight is 314 g/mol. The largest absolute Gasteiger partial charge is 0.329 e. The molecule has 0 N–H and O–H groups in total. The van der Waals surface area contributed by atoms with Crippen LogP contribution in [0.5, 0.6) is 0 Å². The van der Waals surface area contributed by atoms with E-state index in [0.29, 0.717) is 19.5 Å². The van der Waals surface area contributed by atoms with Crippen LogP contribution in [-0.4, -0.2) is 62.5 Å². The van der Waals surface area contributed by atoms with E-state index in [-0.39, 0.29) is 35.1 Å². The normalized spacial score (nSPS) is 29.0. The molecule has 4 unspecified atom stereocenters. The first-order chi connectivity index (χ1) is 9.84. The van der Waals surface area contributed by atoms with E-state index < -0.39 is 10.8 Å². The molecule has 2 fully saturated rings. The second-order valence-electron chi connectivity index (χ2n) is 6.51. The first kappa shape index (κ1) is 16.5. The summed E-state index contributed by atoms with van der Waals surface area (Å²) in [5, 5.41) is 0.0438. The van der Waals surface area contributed by atoms with Gasteiger partial charge in [-0.05, 0) is 25.2 Å². The van der Waals surface area contributed by atoms with Crippen molar-refractivity contribution in [2.45, 2.75) is 57.4 Å². The lowest BCUT2D eigenvalue weighted by Crippen LogP contribution is -2.64. The molecule has 4 atom stereocenters. The second-order valence-corrected chi connectivity index (χ2v) is 8.31. The summed E-state index contributed by atoms with van der Waals surface area (Å²) in [6.45, 7) is 7.14. The van der Waals surface area contributed by atoms with Crippen LogP contribution in [0.25, 0.3) is 0 Å². The van der Waals surface area contributed by atoms with Crippen LogP contribution in [0, 0.1) is 5.92 Å². The summed E-state index contributed by atoms with van der Waals surface area (Å²) in [6, 6.07) is -0.612. The van der Waals surface area contributed by atoms with Crippen molar-refractivity contribution < 1.29 is 13.8 Å². The Morgan fingerprint density at radius 2 is 1.90 bits per heavy atom. The van der Waals surface area contributed by atoms with Gasteiger partial charge in [0.2, 0.25) is 11.8 Å². The van der Waals surface area contributed by atoms with E-state index in [4.69, 9.17) is 0 Å². The zero-order valence-electron chi connectivity index (χ0n) is 13.4. The highest BCUT2D eigenvalue weighted by molar-refractivity contribution is 7.84. The van der Waals surface area contributed by atoms with Gasteiger partial charge in [-0.1, -0.05) is 20.8 Å². The lowest BCUT2D eigenvalue weighted by Gasteiger charge is -2.44. The second kappa shape index (κ2) is 6.46. The highest BCUT2D eigenvalue weighted by Crippen LogP contribution is 2.30. The van der Waals surface area contributed by atoms with Gasteiger partial charge in [0.25, 0.3) is 0 Å². The quantitative estimate of drug-likeness (QED) is 0.761. The van der Waals surface area contributed by atoms with Crippen LogP contribution in [0.15, 0.2) is 0 Å². The Balaban J connectivity index is 2.16. The summed E-state index contributed by atoms with van der Waals surface area (Å²) in [5.41, 5.74) is 0. The Bertz CT molecular complexity index is 452. The van der Waals surface area contributed by atoms with Crippen molar-refractivity contribution in [3.8, 4) is 0 Å². The molecule has 120 valence electrons. The molecule has 2 heterocycles. The van der Waals surface area contributed by atoms with E-state index in [9.17, 15) is 13.8 Å². The van der Waals surface area contributed by atoms with E-state index in [1.807, 2.05) is 20.8 Å². The predicted molar refractivity (Wildman–Crippen MR) is 83.2 cm³/mol. The fourth-order valence-electron chi connectivity index (χ4n) is 3.30. The highest BCUT2D eigenvalue weighted by Gasteiger charge is 2.48. The van der Waals surface area contributed by atoms with Gasteiger partial charge >= 0.3 is 0 Å². The zero-order valence-corrected chi connectivity index (χ0v) is 14.2. The molecule has 6 heteroatoms. The van der Waals surface area contributed by atoms with Crippen molar-refractivity contribution in [2.75, 3.05) is 19.3 Å². The molecular weight excluding hydrogens is 288 g/mol. The minimum Gasteiger partial charge on any atom is -0.329 e. The molecule has 0 spiro atoms. The van der Waals surface area contributed by atoms with Crippen LogP contribution >= 0.6 is 0 Å². The number of amides is 2. The fourth-order valence-corrected chi connectivity index (χ4v) is 3.74. The molecule has 0 saturated carbocycles. The van der Waals surface area contributed by atoms with E-state index >= 15 is 0 Å². The predicted octanol–water partition coefficient (Wildman–Crippen LogP) is 1.00. The van der Waals surface area contributed by atoms with Crippen molar-refractivity contribution in [2.24, 2.45) is 5.92 Å². The number of fused-ring (bicyclic) bond motifs is 1. The summed E-state index contributed by atoms with van der Waals surface area (Å²) in [7, 11) is -0.895. The SMILES string of the molecule is CC(C)C1C(=O)N2CCCC2C(=O)N1CCC(C)S(C)=O. The molecule has 21 heavy (non-hydrogen) atoms. The van der Waals surface area contributed by atoms with Crippen LogP contribution in [0.3, 0.4) is 0 Å². The van der Waals surface area contributed by atoms with E-state index in [1.165, 1.54) is 0 Å². The Labute approximate surface area is 129 Å². The molecule has 0 radical (unpaired) electrons. The van der Waals surface area contributed by atoms with Gasteiger partial charge in [0.05, 0.1) is 0 Å². The number of carbonyl (C=O) groups excluding carboxylic acids is 2. The first-order valence-electron chi connectivity index (χ1n) is 7.77. The third-order valence-corrected chi connectivity index (χ3v) is 6.04. The molecule has 0 bridgehead atoms. The molecule has 0 aromatic heterocycles. The van der Waals surface area contributed by atoms with Gasteiger partial charge in [-0.3, -0.25) is 13.8 Å². The van der Waals surface area contributed by atoms with Crippen molar-refractivity contribution in [1.29, 1.82) is 0 Å². The molecule has 2 amide bonds. The van der Waals surface area contributed by atoms with Crippen LogP contribution < -0.4 is 0 Å². The maximum Gasteiger partial charge on any atom is 0.246 e. The van der Waals surface area contributed by atoms with E-state index in [0.717, 1.165) is 12.8 Å². The third kappa shape index (κ3) is 3.15. The minimum atomic E-state index is -0.895. The molecule has 2 rings (SSSR count). The van der Waals surface area contributed by atoms with Gasteiger partial charge in [0, 0.05) is 35.4 Å². The molecule has 2 aliphatic rings. The van der Waals surface area contributed by atoms with Crippen molar-refractivity contribution in [3.63, 3.8) is 0 Å². The average Bonchev–Trinajstić information content (AvgIpc) is 2.89. The molecule has 0 aromatic rings. The lowest BCUT2D eigenvalue weighted by atomic mass is 9.95. The number of nitrogens with zero attached hydrogens (tertiary/aromatic N) is 2. The van der Waals surface area contributed by atoms with E-state index in [2.05, 4.69) is 0 Å². The number of hydrogen-bond acceptors (Lipinski definition) is 3. The Morgan fingerprint density at radius 3 is 2.48 bits per heavy atom. The molecule has 5 nitrogen and oxygen atoms in total. The topological polar surface area (TPSA) is 57.7 Å². The van der Waals surface area contributed by atoms with Crippen LogP contribution in [-0.2, 0) is 20.4 Å². The highest BCUT2D eigenvalue weighted by atomic mass is 32.2. The monoisotopic (exact) mass is 314 g/mol. The standard InChI is InChI=1S/C15H26N2O3S/c1-10(2)13-15(19)16-8-5-6-12(16)14(18)17(13)9-7-11(3)21(4)20/h10-13H,5-9H2,1-4H3. The molecular formula is C15H26N2O3S. The molecule has 0 aromatic carbocycles. The third-order valence-electron chi connectivity index (χ3n) is 4.67. The van der Waals surface area contributed by atoms with E-state index in [1.54, 1.807) is 16.1 Å². The fraction of sp³-hybridized carbons (Fsp3) is 0.867. The number of carbonyl (C=O) groups is 2. The first-order valence-corrected chi connectivity index (χ1v) is 9.40. The maximum absolute atomic E-state index is 12.7. The molecule has 2 saturated heterocycles. The van der Waals surface area contributed by atoms with Gasteiger partial charge in [-0.25, -0.2) is 0 Å². The Hall–Kier alpha value is -0.910. The summed E-state index contributed by atoms with van der Waals surface area (Å²) in [6.07, 6.45) is 4.06. The van der Waals surface area contributed by atoms with Gasteiger partial charge in [-0.2, -0.15) is 0 Å². The molecule has 2 aliphatic heterocycles.